The van der Waals surface area contributed by atoms with Gasteiger partial charge in [0, 0.05) is 37.3 Å². The van der Waals surface area contributed by atoms with Crippen LogP contribution < -0.4 is 16.3 Å². The Balaban J connectivity index is 1.68. The molecule has 3 rings (SSSR count). The maximum Gasteiger partial charge on any atom is 0.329 e. The first-order chi connectivity index (χ1) is 14.0. The third-order valence-corrected chi connectivity index (χ3v) is 4.70. The van der Waals surface area contributed by atoms with Crippen LogP contribution in [0.4, 0.5) is 5.69 Å². The summed E-state index contributed by atoms with van der Waals surface area (Å²) in [7, 11) is 0. The number of hydrogen-bond acceptors (Lipinski definition) is 3. The van der Waals surface area contributed by atoms with Gasteiger partial charge in [-0.15, -0.1) is 0 Å². The molecule has 0 aliphatic carbocycles. The first kappa shape index (κ1) is 20.4. The average Bonchev–Trinajstić information content (AvgIpc) is 2.99. The molecular formula is C22H26N4O3. The fraction of sp³-hybridized carbons (Fsp3) is 0.318. The molecule has 1 heterocycles. The highest BCUT2D eigenvalue weighted by atomic mass is 16.2. The fourth-order valence-electron chi connectivity index (χ4n) is 3.33. The van der Waals surface area contributed by atoms with E-state index >= 15 is 0 Å². The van der Waals surface area contributed by atoms with Gasteiger partial charge in [0.25, 0.3) is 5.91 Å². The summed E-state index contributed by atoms with van der Waals surface area (Å²) in [5, 5.41) is 5.55. The van der Waals surface area contributed by atoms with E-state index in [1.807, 2.05) is 38.1 Å². The summed E-state index contributed by atoms with van der Waals surface area (Å²) in [6.45, 7) is 5.40. The molecule has 2 aromatic carbocycles. The van der Waals surface area contributed by atoms with E-state index in [1.54, 1.807) is 33.4 Å². The number of fused-ring (bicyclic) bond motifs is 1. The second-order valence-electron chi connectivity index (χ2n) is 6.81. The van der Waals surface area contributed by atoms with Gasteiger partial charge in [-0.3, -0.25) is 18.7 Å². The van der Waals surface area contributed by atoms with Crippen LogP contribution in [0.2, 0.25) is 0 Å². The minimum atomic E-state index is -0.185. The number of nitrogens with zero attached hydrogens (tertiary/aromatic N) is 2. The number of aryl methyl sites for hydroxylation is 2. The monoisotopic (exact) mass is 394 g/mol. The summed E-state index contributed by atoms with van der Waals surface area (Å²) < 4.78 is 3.41. The summed E-state index contributed by atoms with van der Waals surface area (Å²) in [6, 6.07) is 14.4. The number of nitrogens with one attached hydrogen (secondary N) is 2. The maximum atomic E-state index is 12.8. The molecule has 3 aromatic rings. The molecule has 7 nitrogen and oxygen atoms in total. The Morgan fingerprint density at radius 2 is 1.52 bits per heavy atom. The number of aromatic nitrogens is 2. The zero-order valence-electron chi connectivity index (χ0n) is 16.8. The summed E-state index contributed by atoms with van der Waals surface area (Å²) >= 11 is 0. The van der Waals surface area contributed by atoms with E-state index < -0.39 is 0 Å². The van der Waals surface area contributed by atoms with E-state index in [4.69, 9.17) is 0 Å². The number of benzene rings is 2. The number of hydrogen-bond donors (Lipinski definition) is 2. The predicted molar refractivity (Wildman–Crippen MR) is 114 cm³/mol. The number of imidazole rings is 1. The molecule has 2 N–H and O–H groups in total. The second kappa shape index (κ2) is 9.23. The normalized spacial score (nSPS) is 10.8. The van der Waals surface area contributed by atoms with Gasteiger partial charge >= 0.3 is 5.69 Å². The minimum absolute atomic E-state index is 0.0906. The van der Waals surface area contributed by atoms with Crippen LogP contribution in [-0.4, -0.2) is 27.5 Å². The highest BCUT2D eigenvalue weighted by Crippen LogP contribution is 2.14. The van der Waals surface area contributed by atoms with Crippen LogP contribution in [0.3, 0.4) is 0 Å². The van der Waals surface area contributed by atoms with Crippen molar-refractivity contribution >= 4 is 28.5 Å². The fourth-order valence-corrected chi connectivity index (χ4v) is 3.33. The van der Waals surface area contributed by atoms with Crippen LogP contribution in [-0.2, 0) is 17.9 Å². The van der Waals surface area contributed by atoms with Gasteiger partial charge in [-0.25, -0.2) is 4.79 Å². The zero-order valence-corrected chi connectivity index (χ0v) is 16.8. The van der Waals surface area contributed by atoms with Crippen molar-refractivity contribution < 1.29 is 9.59 Å². The van der Waals surface area contributed by atoms with Crippen molar-refractivity contribution in [3.8, 4) is 0 Å². The maximum absolute atomic E-state index is 12.8. The quantitative estimate of drug-likeness (QED) is 0.616. The van der Waals surface area contributed by atoms with E-state index in [-0.39, 0.29) is 23.9 Å². The predicted octanol–water partition coefficient (Wildman–Crippen LogP) is 2.99. The van der Waals surface area contributed by atoms with E-state index in [1.165, 1.54) is 0 Å². The summed E-state index contributed by atoms with van der Waals surface area (Å²) in [5.41, 5.74) is 2.79. The van der Waals surface area contributed by atoms with Crippen molar-refractivity contribution in [2.45, 2.75) is 39.8 Å². The van der Waals surface area contributed by atoms with Crippen molar-refractivity contribution in [2.75, 3.05) is 11.9 Å². The Bertz CT molecular complexity index is 1060. The number of rotatable bonds is 8. The average molecular weight is 394 g/mol. The Kier molecular flexibility index (Phi) is 6.49. The molecule has 0 saturated heterocycles. The Hall–Kier alpha value is -3.35. The molecule has 152 valence electrons. The molecule has 0 saturated carbocycles. The van der Waals surface area contributed by atoms with E-state index in [0.29, 0.717) is 30.9 Å². The van der Waals surface area contributed by atoms with Crippen molar-refractivity contribution in [3.05, 3.63) is 64.6 Å². The highest BCUT2D eigenvalue weighted by molar-refractivity contribution is 5.95. The zero-order chi connectivity index (χ0) is 20.8. The van der Waals surface area contributed by atoms with Crippen molar-refractivity contribution in [1.29, 1.82) is 0 Å². The van der Waals surface area contributed by atoms with Crippen molar-refractivity contribution in [1.82, 2.24) is 14.5 Å². The lowest BCUT2D eigenvalue weighted by molar-refractivity contribution is -0.116. The van der Waals surface area contributed by atoms with Crippen LogP contribution >= 0.6 is 0 Å². The third kappa shape index (κ3) is 4.56. The topological polar surface area (TPSA) is 85.1 Å². The van der Waals surface area contributed by atoms with Crippen molar-refractivity contribution in [2.24, 2.45) is 0 Å². The van der Waals surface area contributed by atoms with Gasteiger partial charge in [0.1, 0.15) is 0 Å². The molecule has 7 heteroatoms. The molecule has 0 aliphatic rings. The minimum Gasteiger partial charge on any atom is -0.352 e. The summed E-state index contributed by atoms with van der Waals surface area (Å²) in [4.78, 5) is 36.9. The van der Waals surface area contributed by atoms with Gasteiger partial charge in [-0.05, 0) is 49.7 Å². The van der Waals surface area contributed by atoms with Gasteiger partial charge in [0.2, 0.25) is 5.91 Å². The molecule has 0 spiro atoms. The standard InChI is InChI=1S/C22H26N4O3/c1-3-14-25-18-7-5-6-8-19(18)26(22(25)29)15-13-20(27)24-17-11-9-16(10-12-17)21(28)23-4-2/h5-12H,3-4,13-15H2,1-2H3,(H,23,28)(H,24,27). The largest absolute Gasteiger partial charge is 0.352 e. The van der Waals surface area contributed by atoms with Crippen LogP contribution in [0.1, 0.15) is 37.0 Å². The molecule has 0 bridgehead atoms. The Morgan fingerprint density at radius 3 is 2.10 bits per heavy atom. The van der Waals surface area contributed by atoms with Crippen LogP contribution in [0.25, 0.3) is 11.0 Å². The van der Waals surface area contributed by atoms with Crippen LogP contribution in [0.15, 0.2) is 53.3 Å². The highest BCUT2D eigenvalue weighted by Gasteiger charge is 2.13. The van der Waals surface area contributed by atoms with E-state index in [9.17, 15) is 14.4 Å². The molecular weight excluding hydrogens is 368 g/mol. The molecule has 0 aliphatic heterocycles. The first-order valence-electron chi connectivity index (χ1n) is 9.91. The molecule has 29 heavy (non-hydrogen) atoms. The molecule has 0 atom stereocenters. The number of anilines is 1. The van der Waals surface area contributed by atoms with Crippen molar-refractivity contribution in [3.63, 3.8) is 0 Å². The first-order valence-corrected chi connectivity index (χ1v) is 9.91. The molecule has 1 aromatic heterocycles. The van der Waals surface area contributed by atoms with Gasteiger partial charge in [0.15, 0.2) is 0 Å². The Labute approximate surface area is 169 Å². The van der Waals surface area contributed by atoms with E-state index in [2.05, 4.69) is 10.6 Å². The molecule has 0 radical (unpaired) electrons. The second-order valence-corrected chi connectivity index (χ2v) is 6.81. The van der Waals surface area contributed by atoms with Gasteiger partial charge in [0.05, 0.1) is 11.0 Å². The molecule has 0 unspecified atom stereocenters. The number of para-hydroxylation sites is 2. The molecule has 0 fully saturated rings. The van der Waals surface area contributed by atoms with Gasteiger partial charge < -0.3 is 10.6 Å². The van der Waals surface area contributed by atoms with Crippen LogP contribution in [0, 0.1) is 0 Å². The number of carbonyl (C=O) groups is 2. The lowest BCUT2D eigenvalue weighted by Gasteiger charge is -2.07. The summed E-state index contributed by atoms with van der Waals surface area (Å²) in [5.74, 6) is -0.330. The lowest BCUT2D eigenvalue weighted by Crippen LogP contribution is -2.26. The summed E-state index contributed by atoms with van der Waals surface area (Å²) in [6.07, 6.45) is 1.04. The van der Waals surface area contributed by atoms with E-state index in [0.717, 1.165) is 17.5 Å². The number of carbonyl (C=O) groups excluding carboxylic acids is 2. The SMILES string of the molecule is CCCn1c(=O)n(CCC(=O)Nc2ccc(C(=O)NCC)cc2)c2ccccc21. The molecule has 2 amide bonds. The Morgan fingerprint density at radius 1 is 0.897 bits per heavy atom. The number of amides is 2. The van der Waals surface area contributed by atoms with Gasteiger partial charge in [-0.1, -0.05) is 19.1 Å². The lowest BCUT2D eigenvalue weighted by atomic mass is 10.2. The third-order valence-electron chi connectivity index (χ3n) is 4.70. The smallest absolute Gasteiger partial charge is 0.329 e. The van der Waals surface area contributed by atoms with Gasteiger partial charge in [-0.2, -0.15) is 0 Å². The van der Waals surface area contributed by atoms with Crippen LogP contribution in [0.5, 0.6) is 0 Å².